The summed E-state index contributed by atoms with van der Waals surface area (Å²) in [6.45, 7) is 0. The van der Waals surface area contributed by atoms with Crippen LogP contribution in [0.2, 0.25) is 5.02 Å². The topological polar surface area (TPSA) is 39.1 Å². The lowest BCUT2D eigenvalue weighted by molar-refractivity contribution is 0.0971. The molecular weight excluding hydrogens is 370 g/mol. The second-order valence-corrected chi connectivity index (χ2v) is 6.78. The van der Waals surface area contributed by atoms with Gasteiger partial charge < -0.3 is 0 Å². The minimum Gasteiger partial charge on any atom is -0.269 e. The Balaban J connectivity index is 1.83. The van der Waals surface area contributed by atoms with Gasteiger partial charge in [-0.15, -0.1) is 0 Å². The maximum Gasteiger partial charge on any atom is 0.258 e. The third-order valence-electron chi connectivity index (χ3n) is 4.50. The molecule has 0 N–H and O–H groups in total. The number of hydrogen-bond donors (Lipinski definition) is 0. The van der Waals surface area contributed by atoms with Crippen molar-refractivity contribution in [2.24, 2.45) is 0 Å². The van der Waals surface area contributed by atoms with E-state index in [2.05, 4.69) is 0 Å². The van der Waals surface area contributed by atoms with E-state index in [0.717, 1.165) is 22.1 Å². The van der Waals surface area contributed by atoms with Crippen molar-refractivity contribution in [2.45, 2.75) is 0 Å². The minimum absolute atomic E-state index is 0.363. The van der Waals surface area contributed by atoms with E-state index in [0.29, 0.717) is 10.5 Å². The summed E-state index contributed by atoms with van der Waals surface area (Å²) in [6.07, 6.45) is 3.04. The fourth-order valence-corrected chi connectivity index (χ4v) is 3.42. The number of benzene rings is 3. The van der Waals surface area contributed by atoms with Gasteiger partial charge in [0.05, 0.1) is 5.52 Å². The van der Waals surface area contributed by atoms with Crippen molar-refractivity contribution < 1.29 is 4.79 Å². The van der Waals surface area contributed by atoms with Crippen LogP contribution in [0.1, 0.15) is 10.4 Å². The van der Waals surface area contributed by atoms with Gasteiger partial charge in [-0.3, -0.25) is 9.59 Å². The summed E-state index contributed by atoms with van der Waals surface area (Å²) < 4.78 is 1.20. The molecule has 28 heavy (non-hydrogen) atoms. The molecule has 0 spiro atoms. The first-order valence-electron chi connectivity index (χ1n) is 8.82. The number of carbonyl (C=O) groups excluding carboxylic acids is 1. The Bertz CT molecular complexity index is 1260. The summed E-state index contributed by atoms with van der Waals surface area (Å²) in [5.74, 6) is -0.402. The molecule has 0 aliphatic heterocycles. The number of pyridine rings is 1. The molecule has 0 aliphatic carbocycles. The van der Waals surface area contributed by atoms with E-state index in [-0.39, 0.29) is 5.56 Å². The molecule has 0 saturated carbocycles. The molecule has 1 aromatic heterocycles. The number of allylic oxidation sites excluding steroid dienone is 1. The molecule has 0 aliphatic rings. The van der Waals surface area contributed by atoms with Crippen LogP contribution < -0.4 is 5.56 Å². The van der Waals surface area contributed by atoms with Crippen LogP contribution in [0.15, 0.2) is 95.8 Å². The molecule has 136 valence electrons. The molecule has 3 aromatic carbocycles. The van der Waals surface area contributed by atoms with E-state index < -0.39 is 5.91 Å². The molecule has 3 nitrogen and oxygen atoms in total. The predicted octanol–water partition coefficient (Wildman–Crippen LogP) is 5.68. The van der Waals surface area contributed by atoms with Gasteiger partial charge in [0, 0.05) is 22.6 Å². The van der Waals surface area contributed by atoms with Gasteiger partial charge in [-0.1, -0.05) is 72.3 Å². The molecule has 1 heterocycles. The molecular formula is C24H16ClNO2. The average molecular weight is 386 g/mol. The fraction of sp³-hybridized carbons (Fsp3) is 0. The Morgan fingerprint density at radius 3 is 2.39 bits per heavy atom. The van der Waals surface area contributed by atoms with Crippen molar-refractivity contribution >= 4 is 34.5 Å². The largest absolute Gasteiger partial charge is 0.269 e. The number of aromatic nitrogens is 1. The summed E-state index contributed by atoms with van der Waals surface area (Å²) in [6, 6.07) is 25.8. The number of halogens is 1. The van der Waals surface area contributed by atoms with Crippen LogP contribution in [-0.2, 0) is 0 Å². The zero-order chi connectivity index (χ0) is 19.5. The minimum atomic E-state index is -0.402. The van der Waals surface area contributed by atoms with Gasteiger partial charge in [0.15, 0.2) is 0 Å². The SMILES string of the molecule is O=C(C=Cc1cccc(Cl)c1)n1c(=O)cc(-c2ccccc2)c2ccccc21. The van der Waals surface area contributed by atoms with E-state index in [1.165, 1.54) is 16.7 Å². The highest BCUT2D eigenvalue weighted by molar-refractivity contribution is 6.30. The van der Waals surface area contributed by atoms with Crippen molar-refractivity contribution in [1.29, 1.82) is 0 Å². The van der Waals surface area contributed by atoms with Crippen LogP contribution in [0.25, 0.3) is 28.1 Å². The lowest BCUT2D eigenvalue weighted by atomic mass is 10.0. The Labute approximate surface area is 167 Å². The van der Waals surface area contributed by atoms with Gasteiger partial charge in [0.1, 0.15) is 0 Å². The van der Waals surface area contributed by atoms with Gasteiger partial charge in [0.25, 0.3) is 11.5 Å². The van der Waals surface area contributed by atoms with Crippen LogP contribution in [0.5, 0.6) is 0 Å². The Morgan fingerprint density at radius 1 is 0.857 bits per heavy atom. The van der Waals surface area contributed by atoms with Crippen molar-refractivity contribution in [2.75, 3.05) is 0 Å². The van der Waals surface area contributed by atoms with Crippen LogP contribution in [0, 0.1) is 0 Å². The molecule has 4 rings (SSSR count). The maximum absolute atomic E-state index is 12.8. The molecule has 0 radical (unpaired) electrons. The Hall–Kier alpha value is -3.43. The molecule has 0 saturated heterocycles. The Kier molecular flexibility index (Phi) is 4.92. The van der Waals surface area contributed by atoms with Crippen molar-refractivity contribution in [1.82, 2.24) is 4.57 Å². The van der Waals surface area contributed by atoms with Gasteiger partial charge in [-0.25, -0.2) is 4.57 Å². The van der Waals surface area contributed by atoms with E-state index in [1.54, 1.807) is 24.3 Å². The highest BCUT2D eigenvalue weighted by Crippen LogP contribution is 2.27. The Morgan fingerprint density at radius 2 is 1.61 bits per heavy atom. The lowest BCUT2D eigenvalue weighted by Crippen LogP contribution is -2.25. The van der Waals surface area contributed by atoms with Gasteiger partial charge in [-0.05, 0) is 41.0 Å². The number of carbonyl (C=O) groups is 1. The molecule has 0 fully saturated rings. The number of para-hydroxylation sites is 1. The fourth-order valence-electron chi connectivity index (χ4n) is 3.22. The normalized spacial score (nSPS) is 11.2. The summed E-state index contributed by atoms with van der Waals surface area (Å²) in [7, 11) is 0. The van der Waals surface area contributed by atoms with E-state index >= 15 is 0 Å². The molecule has 4 heteroatoms. The van der Waals surface area contributed by atoms with Crippen molar-refractivity contribution in [3.8, 4) is 11.1 Å². The van der Waals surface area contributed by atoms with E-state index in [4.69, 9.17) is 11.6 Å². The first kappa shape index (κ1) is 18.0. The summed E-state index contributed by atoms with van der Waals surface area (Å²) in [5.41, 5.74) is 2.75. The van der Waals surface area contributed by atoms with Crippen LogP contribution in [0.4, 0.5) is 0 Å². The second kappa shape index (κ2) is 7.67. The zero-order valence-electron chi connectivity index (χ0n) is 14.9. The molecule has 0 bridgehead atoms. The summed E-state index contributed by atoms with van der Waals surface area (Å²) >= 11 is 5.98. The van der Waals surface area contributed by atoms with Gasteiger partial charge in [0.2, 0.25) is 0 Å². The first-order chi connectivity index (χ1) is 13.6. The van der Waals surface area contributed by atoms with Gasteiger partial charge >= 0.3 is 0 Å². The quantitative estimate of drug-likeness (QED) is 0.426. The number of nitrogens with zero attached hydrogens (tertiary/aromatic N) is 1. The van der Waals surface area contributed by atoms with Crippen molar-refractivity contribution in [3.05, 3.63) is 112 Å². The standard InChI is InChI=1S/C24H16ClNO2/c25-19-10-6-7-17(15-19)13-14-23(27)26-22-12-5-4-11-20(22)21(16-24(26)28)18-8-2-1-3-9-18/h1-16H. The number of hydrogen-bond acceptors (Lipinski definition) is 2. The van der Waals surface area contributed by atoms with Crippen molar-refractivity contribution in [3.63, 3.8) is 0 Å². The molecule has 0 unspecified atom stereocenters. The average Bonchev–Trinajstić information content (AvgIpc) is 2.72. The number of rotatable bonds is 3. The number of fused-ring (bicyclic) bond motifs is 1. The smallest absolute Gasteiger partial charge is 0.258 e. The third kappa shape index (κ3) is 3.53. The maximum atomic E-state index is 12.8. The highest BCUT2D eigenvalue weighted by Gasteiger charge is 2.13. The summed E-state index contributed by atoms with van der Waals surface area (Å²) in [5, 5.41) is 1.43. The van der Waals surface area contributed by atoms with Crippen LogP contribution >= 0.6 is 11.6 Å². The monoisotopic (exact) mass is 385 g/mol. The molecule has 0 amide bonds. The van der Waals surface area contributed by atoms with Crippen LogP contribution in [0.3, 0.4) is 0 Å². The molecule has 4 aromatic rings. The third-order valence-corrected chi connectivity index (χ3v) is 4.73. The van der Waals surface area contributed by atoms with E-state index in [9.17, 15) is 9.59 Å². The van der Waals surface area contributed by atoms with E-state index in [1.807, 2.05) is 60.7 Å². The second-order valence-electron chi connectivity index (χ2n) is 6.34. The first-order valence-corrected chi connectivity index (χ1v) is 9.19. The predicted molar refractivity (Wildman–Crippen MR) is 115 cm³/mol. The summed E-state index contributed by atoms with van der Waals surface area (Å²) in [4.78, 5) is 25.7. The lowest BCUT2D eigenvalue weighted by Gasteiger charge is -2.11. The van der Waals surface area contributed by atoms with Crippen LogP contribution in [-0.4, -0.2) is 10.5 Å². The highest BCUT2D eigenvalue weighted by atomic mass is 35.5. The zero-order valence-corrected chi connectivity index (χ0v) is 15.6. The molecule has 0 atom stereocenters. The van der Waals surface area contributed by atoms with Gasteiger partial charge in [-0.2, -0.15) is 0 Å².